The molecule has 0 saturated carbocycles. The lowest BCUT2D eigenvalue weighted by Crippen LogP contribution is -2.39. The standard InChI is InChI=1S/C24H27ClN2O2/c1-17-18-10-5-7-13-22(18)29-23(17)24(28)26-16-21(19-11-4-6-12-20(19)25)27-14-8-2-3-9-15-27/h4-7,10-13,21H,2-3,8-9,14-16H2,1H3,(H,26,28). The van der Waals surface area contributed by atoms with E-state index in [4.69, 9.17) is 16.0 Å². The van der Waals surface area contributed by atoms with Crippen molar-refractivity contribution in [3.63, 3.8) is 0 Å². The number of nitrogens with one attached hydrogen (secondary N) is 1. The topological polar surface area (TPSA) is 45.5 Å². The van der Waals surface area contributed by atoms with Gasteiger partial charge in [-0.05, 0) is 50.6 Å². The second-order valence-corrected chi connectivity index (χ2v) is 8.16. The van der Waals surface area contributed by atoms with Gasteiger partial charge in [-0.2, -0.15) is 0 Å². The molecule has 5 heteroatoms. The van der Waals surface area contributed by atoms with Gasteiger partial charge in [0.05, 0.1) is 6.04 Å². The third-order valence-electron chi connectivity index (χ3n) is 5.85. The van der Waals surface area contributed by atoms with E-state index in [1.807, 2.05) is 49.4 Å². The number of likely N-dealkylation sites (tertiary alicyclic amines) is 1. The highest BCUT2D eigenvalue weighted by atomic mass is 35.5. The van der Waals surface area contributed by atoms with Crippen molar-refractivity contribution in [2.75, 3.05) is 19.6 Å². The first kappa shape index (κ1) is 20.0. The number of nitrogens with zero attached hydrogens (tertiary/aromatic N) is 1. The number of furan rings is 1. The molecule has 4 rings (SSSR count). The Hall–Kier alpha value is -2.30. The molecule has 3 aromatic rings. The van der Waals surface area contributed by atoms with Gasteiger partial charge in [0, 0.05) is 22.5 Å². The van der Waals surface area contributed by atoms with E-state index < -0.39 is 0 Å². The predicted molar refractivity (Wildman–Crippen MR) is 118 cm³/mol. The number of rotatable bonds is 5. The van der Waals surface area contributed by atoms with Crippen LogP contribution in [-0.2, 0) is 0 Å². The monoisotopic (exact) mass is 410 g/mol. The fourth-order valence-electron chi connectivity index (χ4n) is 4.25. The van der Waals surface area contributed by atoms with Crippen molar-refractivity contribution in [3.05, 3.63) is 70.4 Å². The predicted octanol–water partition coefficient (Wildman–Crippen LogP) is 5.74. The summed E-state index contributed by atoms with van der Waals surface area (Å²) in [6.07, 6.45) is 4.88. The number of benzene rings is 2. The van der Waals surface area contributed by atoms with Crippen LogP contribution in [0.25, 0.3) is 11.0 Å². The smallest absolute Gasteiger partial charge is 0.287 e. The summed E-state index contributed by atoms with van der Waals surface area (Å²) in [5, 5.41) is 4.84. The molecule has 4 nitrogen and oxygen atoms in total. The van der Waals surface area contributed by atoms with E-state index in [0.717, 1.165) is 40.2 Å². The van der Waals surface area contributed by atoms with Gasteiger partial charge in [-0.1, -0.05) is 60.8 Å². The van der Waals surface area contributed by atoms with Crippen LogP contribution >= 0.6 is 11.6 Å². The number of amides is 1. The maximum atomic E-state index is 13.0. The normalized spacial score (nSPS) is 16.5. The van der Waals surface area contributed by atoms with E-state index in [1.165, 1.54) is 25.7 Å². The van der Waals surface area contributed by atoms with Crippen molar-refractivity contribution < 1.29 is 9.21 Å². The first-order chi connectivity index (χ1) is 14.1. The summed E-state index contributed by atoms with van der Waals surface area (Å²) < 4.78 is 5.84. The summed E-state index contributed by atoms with van der Waals surface area (Å²) in [4.78, 5) is 15.4. The second kappa shape index (κ2) is 9.02. The Labute approximate surface area is 176 Å². The lowest BCUT2D eigenvalue weighted by Gasteiger charge is -2.31. The molecular weight excluding hydrogens is 384 g/mol. The quantitative estimate of drug-likeness (QED) is 0.583. The zero-order valence-corrected chi connectivity index (χ0v) is 17.5. The number of carbonyl (C=O) groups is 1. The summed E-state index contributed by atoms with van der Waals surface area (Å²) in [6, 6.07) is 15.7. The molecule has 2 heterocycles. The van der Waals surface area contributed by atoms with Crippen LogP contribution in [0.5, 0.6) is 0 Å². The molecule has 0 spiro atoms. The summed E-state index contributed by atoms with van der Waals surface area (Å²) in [7, 11) is 0. The second-order valence-electron chi connectivity index (χ2n) is 7.75. The average molecular weight is 411 g/mol. The summed E-state index contributed by atoms with van der Waals surface area (Å²) in [6.45, 7) is 4.48. The molecule has 152 valence electrons. The van der Waals surface area contributed by atoms with E-state index in [9.17, 15) is 4.79 Å². The third kappa shape index (κ3) is 4.34. The van der Waals surface area contributed by atoms with Crippen LogP contribution in [0, 0.1) is 6.92 Å². The number of fused-ring (bicyclic) bond motifs is 1. The molecule has 1 amide bonds. The summed E-state index contributed by atoms with van der Waals surface area (Å²) >= 11 is 6.53. The van der Waals surface area contributed by atoms with Gasteiger partial charge in [0.1, 0.15) is 5.58 Å². The van der Waals surface area contributed by atoms with E-state index in [0.29, 0.717) is 12.3 Å². The van der Waals surface area contributed by atoms with Gasteiger partial charge in [-0.15, -0.1) is 0 Å². The zero-order chi connectivity index (χ0) is 20.2. The Kier molecular flexibility index (Phi) is 6.22. The van der Waals surface area contributed by atoms with Crippen LogP contribution in [0.15, 0.2) is 52.9 Å². The summed E-state index contributed by atoms with van der Waals surface area (Å²) in [5.74, 6) is 0.213. The van der Waals surface area contributed by atoms with Gasteiger partial charge in [-0.3, -0.25) is 9.69 Å². The summed E-state index contributed by atoms with van der Waals surface area (Å²) in [5.41, 5.74) is 2.69. The molecule has 1 N–H and O–H groups in total. The van der Waals surface area contributed by atoms with Gasteiger partial charge in [0.25, 0.3) is 5.91 Å². The number of para-hydroxylation sites is 1. The van der Waals surface area contributed by atoms with Gasteiger partial charge in [-0.25, -0.2) is 0 Å². The Morgan fingerprint density at radius 3 is 2.48 bits per heavy atom. The average Bonchev–Trinajstić information content (AvgIpc) is 2.90. The van der Waals surface area contributed by atoms with Crippen LogP contribution in [0.4, 0.5) is 0 Å². The molecule has 1 atom stereocenters. The number of carbonyl (C=O) groups excluding carboxylic acids is 1. The molecule has 1 fully saturated rings. The molecule has 1 aromatic heterocycles. The highest BCUT2D eigenvalue weighted by Gasteiger charge is 2.25. The molecule has 0 radical (unpaired) electrons. The molecule has 29 heavy (non-hydrogen) atoms. The van der Waals surface area contributed by atoms with Crippen molar-refractivity contribution in [1.29, 1.82) is 0 Å². The third-order valence-corrected chi connectivity index (χ3v) is 6.20. The van der Waals surface area contributed by atoms with Crippen molar-refractivity contribution >= 4 is 28.5 Å². The van der Waals surface area contributed by atoms with Crippen LogP contribution in [0.1, 0.15) is 53.4 Å². The Bertz CT molecular complexity index is 989. The first-order valence-corrected chi connectivity index (χ1v) is 10.8. The van der Waals surface area contributed by atoms with Crippen molar-refractivity contribution in [1.82, 2.24) is 10.2 Å². The van der Waals surface area contributed by atoms with Crippen molar-refractivity contribution in [2.24, 2.45) is 0 Å². The van der Waals surface area contributed by atoms with Crippen LogP contribution in [-0.4, -0.2) is 30.4 Å². The SMILES string of the molecule is Cc1c(C(=O)NCC(c2ccccc2Cl)N2CCCCCC2)oc2ccccc12. The lowest BCUT2D eigenvalue weighted by atomic mass is 10.0. The number of hydrogen-bond donors (Lipinski definition) is 1. The molecule has 1 aliphatic heterocycles. The van der Waals surface area contributed by atoms with Gasteiger partial charge in [0.2, 0.25) is 0 Å². The van der Waals surface area contributed by atoms with Gasteiger partial charge in [0.15, 0.2) is 5.76 Å². The number of aryl methyl sites for hydroxylation is 1. The van der Waals surface area contributed by atoms with E-state index in [-0.39, 0.29) is 11.9 Å². The molecule has 2 aromatic carbocycles. The van der Waals surface area contributed by atoms with Crippen LogP contribution in [0.3, 0.4) is 0 Å². The number of halogens is 1. The zero-order valence-electron chi connectivity index (χ0n) is 16.8. The van der Waals surface area contributed by atoms with E-state index in [1.54, 1.807) is 0 Å². The van der Waals surface area contributed by atoms with Crippen molar-refractivity contribution in [2.45, 2.75) is 38.6 Å². The fourth-order valence-corrected chi connectivity index (χ4v) is 4.51. The lowest BCUT2D eigenvalue weighted by molar-refractivity contribution is 0.0907. The Balaban J connectivity index is 1.56. The minimum absolute atomic E-state index is 0.0513. The molecule has 0 aliphatic carbocycles. The molecule has 1 saturated heterocycles. The Morgan fingerprint density at radius 1 is 1.07 bits per heavy atom. The largest absolute Gasteiger partial charge is 0.451 e. The maximum Gasteiger partial charge on any atom is 0.287 e. The van der Waals surface area contributed by atoms with Gasteiger partial charge < -0.3 is 9.73 Å². The fraction of sp³-hybridized carbons (Fsp3) is 0.375. The minimum atomic E-state index is -0.175. The molecule has 0 bridgehead atoms. The van der Waals surface area contributed by atoms with E-state index in [2.05, 4.69) is 16.3 Å². The van der Waals surface area contributed by atoms with Gasteiger partial charge >= 0.3 is 0 Å². The maximum absolute atomic E-state index is 13.0. The van der Waals surface area contributed by atoms with Crippen LogP contribution in [0.2, 0.25) is 5.02 Å². The first-order valence-electron chi connectivity index (χ1n) is 10.4. The molecular formula is C24H27ClN2O2. The molecule has 1 unspecified atom stereocenters. The number of hydrogen-bond acceptors (Lipinski definition) is 3. The Morgan fingerprint density at radius 2 is 1.76 bits per heavy atom. The highest BCUT2D eigenvalue weighted by Crippen LogP contribution is 2.30. The molecule has 1 aliphatic rings. The van der Waals surface area contributed by atoms with Crippen molar-refractivity contribution in [3.8, 4) is 0 Å². The van der Waals surface area contributed by atoms with Crippen LogP contribution < -0.4 is 5.32 Å². The highest BCUT2D eigenvalue weighted by molar-refractivity contribution is 6.31. The van der Waals surface area contributed by atoms with E-state index >= 15 is 0 Å². The minimum Gasteiger partial charge on any atom is -0.451 e.